The first-order valence-corrected chi connectivity index (χ1v) is 6.86. The number of nitrogens with zero attached hydrogens (tertiary/aromatic N) is 2. The van der Waals surface area contributed by atoms with Crippen LogP contribution in [0.4, 0.5) is 0 Å². The zero-order valence-corrected chi connectivity index (χ0v) is 11.9. The van der Waals surface area contributed by atoms with Crippen LogP contribution >= 0.6 is 15.9 Å². The molecule has 1 heterocycles. The molecule has 1 aromatic carbocycles. The molecule has 1 saturated heterocycles. The Bertz CT molecular complexity index is 499. The van der Waals surface area contributed by atoms with Gasteiger partial charge in [-0.1, -0.05) is 22.0 Å². The van der Waals surface area contributed by atoms with Gasteiger partial charge in [-0.2, -0.15) is 5.26 Å². The summed E-state index contributed by atoms with van der Waals surface area (Å²) in [5.74, 6) is 0.172. The Morgan fingerprint density at radius 2 is 2.11 bits per heavy atom. The Morgan fingerprint density at radius 3 is 2.67 bits per heavy atom. The van der Waals surface area contributed by atoms with E-state index in [0.29, 0.717) is 18.7 Å². The summed E-state index contributed by atoms with van der Waals surface area (Å²) in [6, 6.07) is 7.95. The fraction of sp³-hybridized carbons (Fsp3) is 0.429. The maximum absolute atomic E-state index is 12.3. The third-order valence-electron chi connectivity index (χ3n) is 3.38. The summed E-state index contributed by atoms with van der Waals surface area (Å²) in [4.78, 5) is 14.1. The van der Waals surface area contributed by atoms with Crippen LogP contribution in [0.25, 0.3) is 0 Å². The highest BCUT2D eigenvalue weighted by Gasteiger charge is 2.23. The van der Waals surface area contributed by atoms with Crippen molar-refractivity contribution in [3.8, 4) is 6.07 Å². The van der Waals surface area contributed by atoms with E-state index >= 15 is 0 Å². The minimum absolute atomic E-state index is 0.0621. The summed E-state index contributed by atoms with van der Waals surface area (Å²) in [7, 11) is 0. The molecule has 0 radical (unpaired) electrons. The number of piperidine rings is 1. The Labute approximate surface area is 116 Å². The quantitative estimate of drug-likeness (QED) is 0.800. The van der Waals surface area contributed by atoms with Gasteiger partial charge in [-0.15, -0.1) is 0 Å². The van der Waals surface area contributed by atoms with Gasteiger partial charge in [0, 0.05) is 29.0 Å². The van der Waals surface area contributed by atoms with Crippen LogP contribution in [-0.2, 0) is 0 Å². The molecule has 3 nitrogen and oxygen atoms in total. The normalized spacial score (nSPS) is 16.4. The van der Waals surface area contributed by atoms with Gasteiger partial charge in [0.1, 0.15) is 0 Å². The molecule has 18 heavy (non-hydrogen) atoms. The van der Waals surface area contributed by atoms with Crippen LogP contribution in [-0.4, -0.2) is 23.9 Å². The van der Waals surface area contributed by atoms with Crippen molar-refractivity contribution in [3.05, 3.63) is 33.8 Å². The molecular formula is C14H15BrN2O. The minimum Gasteiger partial charge on any atom is -0.339 e. The number of hydrogen-bond donors (Lipinski definition) is 0. The van der Waals surface area contributed by atoms with Crippen molar-refractivity contribution in [1.82, 2.24) is 4.90 Å². The number of aryl methyl sites for hydroxylation is 1. The van der Waals surface area contributed by atoms with E-state index in [1.54, 1.807) is 0 Å². The lowest BCUT2D eigenvalue weighted by Gasteiger charge is -2.29. The summed E-state index contributed by atoms with van der Waals surface area (Å²) >= 11 is 3.45. The molecule has 1 amide bonds. The van der Waals surface area contributed by atoms with Gasteiger partial charge >= 0.3 is 0 Å². The van der Waals surface area contributed by atoms with E-state index in [2.05, 4.69) is 22.0 Å². The van der Waals surface area contributed by atoms with Crippen LogP contribution in [0.1, 0.15) is 28.8 Å². The van der Waals surface area contributed by atoms with Crippen LogP contribution in [0.15, 0.2) is 22.7 Å². The fourth-order valence-corrected chi connectivity index (χ4v) is 2.50. The first-order chi connectivity index (χ1) is 8.61. The first kappa shape index (κ1) is 13.1. The predicted octanol–water partition coefficient (Wildman–Crippen LogP) is 3.13. The predicted molar refractivity (Wildman–Crippen MR) is 73.1 cm³/mol. The second-order valence-corrected chi connectivity index (χ2v) is 5.51. The highest BCUT2D eigenvalue weighted by atomic mass is 79.9. The molecule has 0 spiro atoms. The van der Waals surface area contributed by atoms with Crippen LogP contribution < -0.4 is 0 Å². The van der Waals surface area contributed by atoms with Crippen molar-refractivity contribution in [3.63, 3.8) is 0 Å². The van der Waals surface area contributed by atoms with Crippen LogP contribution in [0.5, 0.6) is 0 Å². The first-order valence-electron chi connectivity index (χ1n) is 6.07. The van der Waals surface area contributed by atoms with Crippen molar-refractivity contribution in [1.29, 1.82) is 5.26 Å². The van der Waals surface area contributed by atoms with Gasteiger partial charge in [0.15, 0.2) is 0 Å². The summed E-state index contributed by atoms with van der Waals surface area (Å²) < 4.78 is 0.959. The van der Waals surface area contributed by atoms with Crippen molar-refractivity contribution in [2.24, 2.45) is 5.92 Å². The number of benzene rings is 1. The van der Waals surface area contributed by atoms with E-state index in [0.717, 1.165) is 22.9 Å². The van der Waals surface area contributed by atoms with Gasteiger partial charge in [0.25, 0.3) is 5.91 Å². The van der Waals surface area contributed by atoms with Crippen molar-refractivity contribution in [2.75, 3.05) is 13.1 Å². The minimum atomic E-state index is 0.0621. The molecule has 0 aromatic heterocycles. The van der Waals surface area contributed by atoms with Crippen LogP contribution in [0, 0.1) is 24.2 Å². The maximum atomic E-state index is 12.3. The summed E-state index contributed by atoms with van der Waals surface area (Å²) in [5, 5.41) is 8.84. The SMILES string of the molecule is Cc1ccc(C(=O)N2CCC(C#N)CC2)cc1Br. The topological polar surface area (TPSA) is 44.1 Å². The Balaban J connectivity index is 2.08. The summed E-state index contributed by atoms with van der Waals surface area (Å²) in [6.45, 7) is 3.36. The Kier molecular flexibility index (Phi) is 4.03. The molecule has 0 saturated carbocycles. The molecule has 4 heteroatoms. The maximum Gasteiger partial charge on any atom is 0.253 e. The number of carbonyl (C=O) groups excluding carboxylic acids is 1. The van der Waals surface area contributed by atoms with E-state index in [4.69, 9.17) is 5.26 Å². The smallest absolute Gasteiger partial charge is 0.253 e. The van der Waals surface area contributed by atoms with Crippen molar-refractivity contribution in [2.45, 2.75) is 19.8 Å². The van der Waals surface area contributed by atoms with Gasteiger partial charge in [-0.25, -0.2) is 0 Å². The van der Waals surface area contributed by atoms with Gasteiger partial charge < -0.3 is 4.90 Å². The Hall–Kier alpha value is -1.34. The van der Waals surface area contributed by atoms with Gasteiger partial charge in [0.2, 0.25) is 0 Å². The summed E-state index contributed by atoms with van der Waals surface area (Å²) in [5.41, 5.74) is 1.83. The molecule has 0 unspecified atom stereocenters. The number of likely N-dealkylation sites (tertiary alicyclic amines) is 1. The molecule has 1 aliphatic rings. The number of carbonyl (C=O) groups is 1. The zero-order chi connectivity index (χ0) is 13.1. The molecule has 0 bridgehead atoms. The van der Waals surface area contributed by atoms with Gasteiger partial charge in [-0.3, -0.25) is 4.79 Å². The molecular weight excluding hydrogens is 292 g/mol. The monoisotopic (exact) mass is 306 g/mol. The highest BCUT2D eigenvalue weighted by Crippen LogP contribution is 2.21. The lowest BCUT2D eigenvalue weighted by Crippen LogP contribution is -2.38. The van der Waals surface area contributed by atoms with E-state index in [1.165, 1.54) is 0 Å². The van der Waals surface area contributed by atoms with E-state index < -0.39 is 0 Å². The number of nitriles is 1. The van der Waals surface area contributed by atoms with E-state index in [-0.39, 0.29) is 11.8 Å². The lowest BCUT2D eigenvalue weighted by molar-refractivity contribution is 0.0707. The molecule has 1 fully saturated rings. The van der Waals surface area contributed by atoms with Crippen LogP contribution in [0.2, 0.25) is 0 Å². The zero-order valence-electron chi connectivity index (χ0n) is 10.3. The number of rotatable bonds is 1. The number of amides is 1. The van der Waals surface area contributed by atoms with Crippen molar-refractivity contribution >= 4 is 21.8 Å². The fourth-order valence-electron chi connectivity index (χ4n) is 2.12. The Morgan fingerprint density at radius 1 is 1.44 bits per heavy atom. The van der Waals surface area contributed by atoms with Crippen LogP contribution in [0.3, 0.4) is 0 Å². The van der Waals surface area contributed by atoms with E-state index in [9.17, 15) is 4.79 Å². The average molecular weight is 307 g/mol. The number of halogens is 1. The third kappa shape index (κ3) is 2.73. The molecule has 2 rings (SSSR count). The average Bonchev–Trinajstić information content (AvgIpc) is 2.41. The van der Waals surface area contributed by atoms with Crippen molar-refractivity contribution < 1.29 is 4.79 Å². The molecule has 0 atom stereocenters. The van der Waals surface area contributed by atoms with Gasteiger partial charge in [-0.05, 0) is 37.5 Å². The standard InChI is InChI=1S/C14H15BrN2O/c1-10-2-3-12(8-13(10)15)14(18)17-6-4-11(9-16)5-7-17/h2-3,8,11H,4-7H2,1H3. The second-order valence-electron chi connectivity index (χ2n) is 4.66. The van der Waals surface area contributed by atoms with Gasteiger partial charge in [0.05, 0.1) is 6.07 Å². The molecule has 94 valence electrons. The van der Waals surface area contributed by atoms with E-state index in [1.807, 2.05) is 30.0 Å². The molecule has 0 N–H and O–H groups in total. The lowest BCUT2D eigenvalue weighted by atomic mass is 9.98. The highest BCUT2D eigenvalue weighted by molar-refractivity contribution is 9.10. The third-order valence-corrected chi connectivity index (χ3v) is 4.24. The molecule has 1 aromatic rings. The number of hydrogen-bond acceptors (Lipinski definition) is 2. The molecule has 0 aliphatic carbocycles. The molecule has 1 aliphatic heterocycles. The largest absolute Gasteiger partial charge is 0.339 e. The second kappa shape index (κ2) is 5.53. The summed E-state index contributed by atoms with van der Waals surface area (Å²) in [6.07, 6.45) is 1.57.